The Morgan fingerprint density at radius 1 is 0.780 bits per heavy atom. The zero-order valence-electron chi connectivity index (χ0n) is 23.1. The van der Waals surface area contributed by atoms with Crippen LogP contribution >= 0.6 is 0 Å². The summed E-state index contributed by atoms with van der Waals surface area (Å²) >= 11 is 0. The average Bonchev–Trinajstić information content (AvgIpc) is 2.91. The highest BCUT2D eigenvalue weighted by Gasteiger charge is 2.53. The van der Waals surface area contributed by atoms with Crippen molar-refractivity contribution >= 4 is 5.91 Å². The predicted octanol–water partition coefficient (Wildman–Crippen LogP) is -5.61. The van der Waals surface area contributed by atoms with E-state index in [1.54, 1.807) is 0 Å². The summed E-state index contributed by atoms with van der Waals surface area (Å²) in [6.45, 7) is 4.05. The number of carbonyl (C=O) groups excluding carboxylic acids is 1. The molecule has 17 heteroatoms. The first-order valence-corrected chi connectivity index (χ1v) is 13.4. The van der Waals surface area contributed by atoms with Crippen LogP contribution in [0, 0.1) is 0 Å². The van der Waals surface area contributed by atoms with E-state index < -0.39 is 123 Å². The van der Waals surface area contributed by atoms with Crippen molar-refractivity contribution in [1.29, 1.82) is 0 Å². The molecule has 0 spiro atoms. The van der Waals surface area contributed by atoms with Crippen molar-refractivity contribution in [2.45, 2.75) is 132 Å². The molecule has 1 amide bonds. The van der Waals surface area contributed by atoms with E-state index in [0.29, 0.717) is 0 Å². The van der Waals surface area contributed by atoms with Gasteiger partial charge in [-0.15, -0.1) is 0 Å². The monoisotopic (exact) mass is 601 g/mol. The topological polar surface area (TPSA) is 267 Å². The SMILES string of the molecule is CC(=O)N[C@H]1[C@H](O[C@@H]2[C@@H](O)[C@H](C)O[C@@H](O[C@@H]3[C@@H](O)[C@H](C)O[C@H](O[C@H](CO)[C@H](C)O)[C@@H]3O)[C@@H]2O)O[C@H](CO)[C@@H](O)[C@@H]1O. The fourth-order valence-corrected chi connectivity index (χ4v) is 4.92. The Bertz CT molecular complexity index is 837. The first-order valence-electron chi connectivity index (χ1n) is 13.4. The van der Waals surface area contributed by atoms with E-state index in [0.717, 1.165) is 6.92 Å². The van der Waals surface area contributed by atoms with E-state index in [9.17, 15) is 50.8 Å². The molecule has 3 heterocycles. The van der Waals surface area contributed by atoms with Gasteiger partial charge in [-0.25, -0.2) is 0 Å². The minimum atomic E-state index is -1.81. The zero-order chi connectivity index (χ0) is 30.8. The smallest absolute Gasteiger partial charge is 0.217 e. The Labute approximate surface area is 236 Å². The fraction of sp³-hybridized carbons (Fsp3) is 0.958. The standard InChI is InChI=1S/C24H43NO16/c1-7(28)11(5-26)38-23-18(34)21(15(31)8(2)36-23)41-24-19(35)20(14(30)9(3)37-24)40-22-13(25-10(4)29)17(33)16(32)12(6-27)39-22/h7-9,11-24,26-28,30-35H,5-6H2,1-4H3,(H,25,29)/t7-,8-,9-,11+,12+,13+,14-,15-,16+,17+,18+,19+,20+,21+,22-,23+,24-/m0/s1. The highest BCUT2D eigenvalue weighted by Crippen LogP contribution is 2.33. The number of hydrogen-bond acceptors (Lipinski definition) is 16. The van der Waals surface area contributed by atoms with E-state index in [1.165, 1.54) is 20.8 Å². The van der Waals surface area contributed by atoms with Crippen molar-refractivity contribution in [3.63, 3.8) is 0 Å². The lowest BCUT2D eigenvalue weighted by Gasteiger charge is -2.48. The van der Waals surface area contributed by atoms with Crippen molar-refractivity contribution in [3.05, 3.63) is 0 Å². The van der Waals surface area contributed by atoms with Crippen LogP contribution in [0.25, 0.3) is 0 Å². The minimum absolute atomic E-state index is 0.600. The molecule has 240 valence electrons. The molecule has 10 N–H and O–H groups in total. The van der Waals surface area contributed by atoms with Crippen molar-refractivity contribution in [2.24, 2.45) is 0 Å². The van der Waals surface area contributed by atoms with Gasteiger partial charge in [0.2, 0.25) is 5.91 Å². The Morgan fingerprint density at radius 3 is 1.78 bits per heavy atom. The van der Waals surface area contributed by atoms with E-state index >= 15 is 0 Å². The van der Waals surface area contributed by atoms with Gasteiger partial charge >= 0.3 is 0 Å². The molecule has 17 atom stereocenters. The number of nitrogens with one attached hydrogen (secondary N) is 1. The van der Waals surface area contributed by atoms with Crippen LogP contribution in [-0.2, 0) is 33.2 Å². The maximum Gasteiger partial charge on any atom is 0.217 e. The lowest BCUT2D eigenvalue weighted by molar-refractivity contribution is -0.374. The Kier molecular flexibility index (Phi) is 12.2. The van der Waals surface area contributed by atoms with Gasteiger partial charge in [-0.3, -0.25) is 4.79 Å². The van der Waals surface area contributed by atoms with Crippen LogP contribution < -0.4 is 5.32 Å². The lowest BCUT2D eigenvalue weighted by atomic mass is 9.95. The summed E-state index contributed by atoms with van der Waals surface area (Å²) < 4.78 is 33.6. The molecule has 3 rings (SSSR count). The van der Waals surface area contributed by atoms with E-state index in [1.807, 2.05) is 0 Å². The highest BCUT2D eigenvalue weighted by atomic mass is 16.7. The second kappa shape index (κ2) is 14.6. The molecule has 0 aromatic heterocycles. The maximum atomic E-state index is 11.7. The molecule has 3 saturated heterocycles. The molecule has 17 nitrogen and oxygen atoms in total. The average molecular weight is 602 g/mol. The summed E-state index contributed by atoms with van der Waals surface area (Å²) in [6.07, 6.45) is -23.1. The van der Waals surface area contributed by atoms with Gasteiger partial charge in [0.05, 0.1) is 31.5 Å². The van der Waals surface area contributed by atoms with Gasteiger partial charge in [0.1, 0.15) is 67.1 Å². The first kappa shape index (κ1) is 34.4. The Balaban J connectivity index is 1.80. The third-order valence-electron chi connectivity index (χ3n) is 7.42. The number of rotatable bonds is 10. The Morgan fingerprint density at radius 2 is 1.29 bits per heavy atom. The van der Waals surface area contributed by atoms with Crippen molar-refractivity contribution < 1.29 is 79.2 Å². The minimum Gasteiger partial charge on any atom is -0.394 e. The van der Waals surface area contributed by atoms with Crippen LogP contribution in [0.5, 0.6) is 0 Å². The summed E-state index contributed by atoms with van der Waals surface area (Å²) in [5.41, 5.74) is 0. The number of hydrogen-bond donors (Lipinski definition) is 10. The molecule has 3 aliphatic heterocycles. The summed E-state index contributed by atoms with van der Waals surface area (Å²) in [6, 6.07) is -1.37. The second-order valence-corrected chi connectivity index (χ2v) is 10.6. The molecular formula is C24H43NO16. The predicted molar refractivity (Wildman–Crippen MR) is 131 cm³/mol. The van der Waals surface area contributed by atoms with Gasteiger partial charge in [0, 0.05) is 6.92 Å². The maximum absolute atomic E-state index is 11.7. The third kappa shape index (κ3) is 7.69. The quantitative estimate of drug-likeness (QED) is 0.112. The van der Waals surface area contributed by atoms with Crippen molar-refractivity contribution in [3.8, 4) is 0 Å². The lowest BCUT2D eigenvalue weighted by Crippen LogP contribution is -2.68. The van der Waals surface area contributed by atoms with Crippen LogP contribution in [0.4, 0.5) is 0 Å². The number of amides is 1. The van der Waals surface area contributed by atoms with E-state index in [4.69, 9.17) is 28.4 Å². The molecular weight excluding hydrogens is 558 g/mol. The van der Waals surface area contributed by atoms with Crippen LogP contribution in [0.3, 0.4) is 0 Å². The molecule has 0 aromatic rings. The molecule has 41 heavy (non-hydrogen) atoms. The molecule has 0 saturated carbocycles. The van der Waals surface area contributed by atoms with Gasteiger partial charge < -0.3 is 79.7 Å². The second-order valence-electron chi connectivity index (χ2n) is 10.6. The number of aliphatic hydroxyl groups excluding tert-OH is 9. The van der Waals surface area contributed by atoms with E-state index in [-0.39, 0.29) is 0 Å². The van der Waals surface area contributed by atoms with Crippen LogP contribution in [0.1, 0.15) is 27.7 Å². The molecule has 0 bridgehead atoms. The fourth-order valence-electron chi connectivity index (χ4n) is 4.92. The first-order chi connectivity index (χ1) is 19.2. The van der Waals surface area contributed by atoms with Gasteiger partial charge in [-0.05, 0) is 20.8 Å². The van der Waals surface area contributed by atoms with Gasteiger partial charge in [-0.1, -0.05) is 0 Å². The molecule has 0 unspecified atom stereocenters. The summed E-state index contributed by atoms with van der Waals surface area (Å²) in [7, 11) is 0. The number of aliphatic hydroxyl groups is 9. The van der Waals surface area contributed by atoms with Crippen LogP contribution in [-0.4, -0.2) is 169 Å². The van der Waals surface area contributed by atoms with Gasteiger partial charge in [0.25, 0.3) is 0 Å². The van der Waals surface area contributed by atoms with Crippen LogP contribution in [0.2, 0.25) is 0 Å². The molecule has 3 fully saturated rings. The van der Waals surface area contributed by atoms with E-state index in [2.05, 4.69) is 5.32 Å². The largest absolute Gasteiger partial charge is 0.394 e. The van der Waals surface area contributed by atoms with Crippen LogP contribution in [0.15, 0.2) is 0 Å². The third-order valence-corrected chi connectivity index (χ3v) is 7.42. The molecule has 3 aliphatic rings. The molecule has 0 radical (unpaired) electrons. The normalized spacial score (nSPS) is 47.0. The Hall–Kier alpha value is -1.13. The summed E-state index contributed by atoms with van der Waals surface area (Å²) in [5, 5.41) is 95.4. The molecule has 0 aromatic carbocycles. The number of carbonyl (C=O) groups is 1. The van der Waals surface area contributed by atoms with Gasteiger partial charge in [0.15, 0.2) is 18.9 Å². The summed E-state index contributed by atoms with van der Waals surface area (Å²) in [4.78, 5) is 11.7. The van der Waals surface area contributed by atoms with Gasteiger partial charge in [-0.2, -0.15) is 0 Å². The zero-order valence-corrected chi connectivity index (χ0v) is 23.1. The molecule has 0 aliphatic carbocycles. The number of ether oxygens (including phenoxy) is 6. The van der Waals surface area contributed by atoms with Crippen molar-refractivity contribution in [2.75, 3.05) is 13.2 Å². The highest BCUT2D eigenvalue weighted by molar-refractivity contribution is 5.73. The summed E-state index contributed by atoms with van der Waals surface area (Å²) in [5.74, 6) is -0.615. The van der Waals surface area contributed by atoms with Crippen molar-refractivity contribution in [1.82, 2.24) is 5.32 Å².